The number of rotatable bonds is 2. The molecule has 1 aliphatic rings. The zero-order chi connectivity index (χ0) is 15.7. The number of piperidine rings is 1. The van der Waals surface area contributed by atoms with Crippen LogP contribution in [0.25, 0.3) is 5.69 Å². The van der Waals surface area contributed by atoms with Gasteiger partial charge in [-0.1, -0.05) is 23.7 Å². The van der Waals surface area contributed by atoms with Crippen LogP contribution in [0.3, 0.4) is 0 Å². The molecule has 0 radical (unpaired) electrons. The number of carbonyl (C=O) groups is 1. The van der Waals surface area contributed by atoms with Crippen LogP contribution in [0.2, 0.25) is 5.02 Å². The zero-order valence-corrected chi connectivity index (χ0v) is 13.2. The summed E-state index contributed by atoms with van der Waals surface area (Å²) < 4.78 is 1.63. The van der Waals surface area contributed by atoms with Crippen molar-refractivity contribution in [2.75, 3.05) is 6.54 Å². The quantitative estimate of drug-likeness (QED) is 0.925. The Morgan fingerprint density at radius 3 is 2.86 bits per heavy atom. The van der Waals surface area contributed by atoms with E-state index in [4.69, 9.17) is 17.3 Å². The summed E-state index contributed by atoms with van der Waals surface area (Å²) in [4.78, 5) is 14.5. The van der Waals surface area contributed by atoms with Gasteiger partial charge in [-0.05, 0) is 38.0 Å². The van der Waals surface area contributed by atoms with E-state index in [1.807, 2.05) is 30.0 Å². The van der Waals surface area contributed by atoms with Crippen LogP contribution in [-0.2, 0) is 0 Å². The largest absolute Gasteiger partial charge is 0.334 e. The summed E-state index contributed by atoms with van der Waals surface area (Å²) in [5.41, 5.74) is 7.14. The molecule has 5 nitrogen and oxygen atoms in total. The van der Waals surface area contributed by atoms with Gasteiger partial charge < -0.3 is 10.6 Å². The van der Waals surface area contributed by atoms with Gasteiger partial charge >= 0.3 is 0 Å². The maximum Gasteiger partial charge on any atom is 0.274 e. The van der Waals surface area contributed by atoms with Crippen molar-refractivity contribution < 1.29 is 4.79 Å². The monoisotopic (exact) mass is 318 g/mol. The van der Waals surface area contributed by atoms with E-state index in [9.17, 15) is 4.79 Å². The molecule has 22 heavy (non-hydrogen) atoms. The van der Waals surface area contributed by atoms with Gasteiger partial charge in [0.15, 0.2) is 5.69 Å². The van der Waals surface area contributed by atoms with Crippen LogP contribution in [0, 0.1) is 0 Å². The zero-order valence-electron chi connectivity index (χ0n) is 12.4. The second-order valence-electron chi connectivity index (χ2n) is 5.73. The van der Waals surface area contributed by atoms with Gasteiger partial charge in [0.25, 0.3) is 5.91 Å². The first-order valence-corrected chi connectivity index (χ1v) is 7.81. The number of benzene rings is 1. The molecule has 2 atom stereocenters. The molecule has 1 aromatic carbocycles. The molecule has 0 unspecified atom stereocenters. The molecule has 2 heterocycles. The Bertz CT molecular complexity index is 684. The van der Waals surface area contributed by atoms with Crippen LogP contribution in [0.4, 0.5) is 0 Å². The van der Waals surface area contributed by atoms with Crippen molar-refractivity contribution in [2.45, 2.75) is 31.8 Å². The van der Waals surface area contributed by atoms with Crippen LogP contribution in [0.5, 0.6) is 0 Å². The lowest BCUT2D eigenvalue weighted by molar-refractivity contribution is 0.0612. The first-order chi connectivity index (χ1) is 10.6. The first kappa shape index (κ1) is 15.1. The van der Waals surface area contributed by atoms with E-state index in [0.717, 1.165) is 18.5 Å². The number of aromatic nitrogens is 2. The van der Waals surface area contributed by atoms with Crippen molar-refractivity contribution in [3.63, 3.8) is 0 Å². The third-order valence-corrected chi connectivity index (χ3v) is 4.40. The highest BCUT2D eigenvalue weighted by atomic mass is 35.5. The summed E-state index contributed by atoms with van der Waals surface area (Å²) in [6.45, 7) is 2.71. The van der Waals surface area contributed by atoms with Gasteiger partial charge in [-0.3, -0.25) is 4.79 Å². The second kappa shape index (κ2) is 6.10. The van der Waals surface area contributed by atoms with Crippen molar-refractivity contribution in [2.24, 2.45) is 5.73 Å². The number of nitrogens with zero attached hydrogens (tertiary/aromatic N) is 3. The molecule has 0 aliphatic carbocycles. The predicted molar refractivity (Wildman–Crippen MR) is 86.3 cm³/mol. The Balaban J connectivity index is 1.82. The molecule has 2 N–H and O–H groups in total. The number of para-hydroxylation sites is 1. The van der Waals surface area contributed by atoms with E-state index in [2.05, 4.69) is 5.10 Å². The highest BCUT2D eigenvalue weighted by Gasteiger charge is 2.28. The number of hydrogen-bond donors (Lipinski definition) is 1. The molecule has 2 aromatic rings. The lowest BCUT2D eigenvalue weighted by Crippen LogP contribution is -2.48. The second-order valence-corrected chi connectivity index (χ2v) is 6.14. The smallest absolute Gasteiger partial charge is 0.274 e. The molecule has 116 valence electrons. The van der Waals surface area contributed by atoms with Crippen molar-refractivity contribution in [3.8, 4) is 5.69 Å². The van der Waals surface area contributed by atoms with Gasteiger partial charge in [0.2, 0.25) is 0 Å². The minimum Gasteiger partial charge on any atom is -0.334 e. The fourth-order valence-corrected chi connectivity index (χ4v) is 3.09. The molecule has 0 saturated carbocycles. The van der Waals surface area contributed by atoms with Crippen LogP contribution < -0.4 is 5.73 Å². The lowest BCUT2D eigenvalue weighted by atomic mass is 9.99. The van der Waals surface area contributed by atoms with Crippen LogP contribution in [0.1, 0.15) is 30.3 Å². The van der Waals surface area contributed by atoms with E-state index >= 15 is 0 Å². The fraction of sp³-hybridized carbons (Fsp3) is 0.375. The minimum absolute atomic E-state index is 0.0507. The summed E-state index contributed by atoms with van der Waals surface area (Å²) in [6.07, 6.45) is 3.42. The average Bonchev–Trinajstić information content (AvgIpc) is 2.97. The van der Waals surface area contributed by atoms with Crippen LogP contribution in [0.15, 0.2) is 36.5 Å². The van der Waals surface area contributed by atoms with E-state index < -0.39 is 0 Å². The van der Waals surface area contributed by atoms with Gasteiger partial charge in [-0.15, -0.1) is 0 Å². The Morgan fingerprint density at radius 1 is 1.36 bits per heavy atom. The molecule has 0 spiro atoms. The number of carbonyl (C=O) groups excluding carboxylic acids is 1. The summed E-state index contributed by atoms with van der Waals surface area (Å²) in [7, 11) is 0. The molecule has 1 saturated heterocycles. The first-order valence-electron chi connectivity index (χ1n) is 7.43. The van der Waals surface area contributed by atoms with E-state index in [1.165, 1.54) is 0 Å². The van der Waals surface area contributed by atoms with Gasteiger partial charge in [0, 0.05) is 24.8 Å². The fourth-order valence-electron chi connectivity index (χ4n) is 2.87. The molecular weight excluding hydrogens is 300 g/mol. The summed E-state index contributed by atoms with van der Waals surface area (Å²) in [6, 6.07) is 9.47. The van der Waals surface area contributed by atoms with Crippen molar-refractivity contribution in [1.29, 1.82) is 0 Å². The number of amides is 1. The number of likely N-dealkylation sites (tertiary alicyclic amines) is 1. The number of hydrogen-bond acceptors (Lipinski definition) is 3. The Labute approximate surface area is 134 Å². The topological polar surface area (TPSA) is 64.2 Å². The van der Waals surface area contributed by atoms with E-state index in [0.29, 0.717) is 17.3 Å². The Morgan fingerprint density at radius 2 is 2.14 bits per heavy atom. The SMILES string of the molecule is C[C@H]1C[C@H](N)CCN1C(=O)c1ccn(-c2ccccc2Cl)n1. The molecule has 1 aliphatic heterocycles. The number of nitrogens with two attached hydrogens (primary N) is 1. The minimum atomic E-state index is -0.0507. The molecule has 0 bridgehead atoms. The van der Waals surface area contributed by atoms with Gasteiger partial charge in [-0.25, -0.2) is 4.68 Å². The van der Waals surface area contributed by atoms with E-state index in [1.54, 1.807) is 23.0 Å². The Hall–Kier alpha value is -1.85. The van der Waals surface area contributed by atoms with Gasteiger partial charge in [0.05, 0.1) is 10.7 Å². The van der Waals surface area contributed by atoms with Crippen LogP contribution >= 0.6 is 11.6 Å². The maximum atomic E-state index is 12.6. The third kappa shape index (κ3) is 2.87. The summed E-state index contributed by atoms with van der Waals surface area (Å²) >= 11 is 6.17. The average molecular weight is 319 g/mol. The highest BCUT2D eigenvalue weighted by molar-refractivity contribution is 6.32. The predicted octanol–water partition coefficient (Wildman–Crippen LogP) is 2.48. The summed E-state index contributed by atoms with van der Waals surface area (Å²) in [5.74, 6) is -0.0507. The molecule has 3 rings (SSSR count). The summed E-state index contributed by atoms with van der Waals surface area (Å²) in [5, 5.41) is 4.98. The molecular formula is C16H19ClN4O. The number of halogens is 1. The Kier molecular flexibility index (Phi) is 4.18. The standard InChI is InChI=1S/C16H19ClN4O/c1-11-10-12(18)6-8-20(11)16(22)14-7-9-21(19-14)15-5-3-2-4-13(15)17/h2-5,7,9,11-12H,6,8,10,18H2,1H3/t11-,12+/m0/s1. The van der Waals surface area contributed by atoms with Crippen molar-refractivity contribution in [3.05, 3.63) is 47.2 Å². The van der Waals surface area contributed by atoms with Gasteiger partial charge in [0.1, 0.15) is 0 Å². The third-order valence-electron chi connectivity index (χ3n) is 4.09. The molecule has 6 heteroatoms. The highest BCUT2D eigenvalue weighted by Crippen LogP contribution is 2.21. The molecule has 1 aromatic heterocycles. The van der Waals surface area contributed by atoms with Gasteiger partial charge in [-0.2, -0.15) is 5.10 Å². The van der Waals surface area contributed by atoms with Crippen molar-refractivity contribution >= 4 is 17.5 Å². The van der Waals surface area contributed by atoms with E-state index in [-0.39, 0.29) is 18.0 Å². The molecule has 1 fully saturated rings. The lowest BCUT2D eigenvalue weighted by Gasteiger charge is -2.35. The normalized spacial score (nSPS) is 21.9. The molecule has 1 amide bonds. The van der Waals surface area contributed by atoms with Crippen LogP contribution in [-0.4, -0.2) is 39.2 Å². The van der Waals surface area contributed by atoms with Crippen molar-refractivity contribution in [1.82, 2.24) is 14.7 Å². The maximum absolute atomic E-state index is 12.6.